The van der Waals surface area contributed by atoms with Crippen LogP contribution >= 0.6 is 0 Å². The number of ketones is 1. The van der Waals surface area contributed by atoms with Crippen LogP contribution in [0, 0.1) is 6.92 Å². The van der Waals surface area contributed by atoms with Crippen LogP contribution in [0.1, 0.15) is 48.8 Å². The summed E-state index contributed by atoms with van der Waals surface area (Å²) in [6.45, 7) is 2.14. The van der Waals surface area contributed by atoms with E-state index in [2.05, 4.69) is 41.3 Å². The van der Waals surface area contributed by atoms with E-state index in [9.17, 15) is 9.90 Å². The number of rotatable bonds is 3. The fourth-order valence-corrected chi connectivity index (χ4v) is 7.32. The number of aromatic nitrogens is 1. The second-order valence-electron chi connectivity index (χ2n) is 11.4. The third-order valence-electron chi connectivity index (χ3n) is 9.22. The number of hydrogen-bond acceptors (Lipinski definition) is 2. The van der Waals surface area contributed by atoms with Crippen molar-refractivity contribution >= 4 is 33.7 Å². The lowest BCUT2D eigenvalue weighted by molar-refractivity contribution is -0.401. The van der Waals surface area contributed by atoms with Crippen LogP contribution in [0.4, 0.5) is 5.69 Å². The van der Waals surface area contributed by atoms with Gasteiger partial charge in [-0.1, -0.05) is 85.2 Å². The van der Waals surface area contributed by atoms with Gasteiger partial charge in [0, 0.05) is 52.4 Å². The number of hydrogen-bond donors (Lipinski definition) is 0. The maximum absolute atomic E-state index is 13.9. The smallest absolute Gasteiger partial charge is 0.209 e. The molecule has 39 heavy (non-hydrogen) atoms. The van der Waals surface area contributed by atoms with Crippen LogP contribution < -0.4 is 5.11 Å². The molecular formula is C35H32N2O2. The Morgan fingerprint density at radius 3 is 2.41 bits per heavy atom. The first-order valence-electron chi connectivity index (χ1n) is 14.0. The van der Waals surface area contributed by atoms with Crippen molar-refractivity contribution in [1.82, 2.24) is 4.57 Å². The summed E-state index contributed by atoms with van der Waals surface area (Å²) in [6, 6.07) is 24.7. The fraction of sp³-hybridized carbons (Fsp3) is 0.257. The zero-order valence-corrected chi connectivity index (χ0v) is 22.8. The van der Waals surface area contributed by atoms with Gasteiger partial charge in [0.2, 0.25) is 5.69 Å². The number of aryl methyl sites for hydroxylation is 2. The molecule has 0 amide bonds. The molecule has 0 bridgehead atoms. The Morgan fingerprint density at radius 1 is 0.949 bits per heavy atom. The highest BCUT2D eigenvalue weighted by molar-refractivity contribution is 6.42. The van der Waals surface area contributed by atoms with Gasteiger partial charge >= 0.3 is 0 Å². The number of benzene rings is 3. The average molecular weight is 513 g/mol. The molecule has 0 radical (unpaired) electrons. The second-order valence-corrected chi connectivity index (χ2v) is 11.4. The van der Waals surface area contributed by atoms with Crippen molar-refractivity contribution < 1.29 is 14.5 Å². The SMILES string of the molecule is Cc1ccc2c(c1)C1(CCCCC1)C(/C=C1\C(=O)C(c3c(-c4ccccc4)n(C)c4ccccc34)=C1[O-])=[N+]2C. The Hall–Kier alpha value is -4.18. The molecule has 3 aliphatic rings. The van der Waals surface area contributed by atoms with Gasteiger partial charge in [0.1, 0.15) is 7.05 Å². The lowest BCUT2D eigenvalue weighted by atomic mass is 9.66. The van der Waals surface area contributed by atoms with Crippen molar-refractivity contribution in [3.8, 4) is 11.3 Å². The van der Waals surface area contributed by atoms with Crippen LogP contribution in [0.5, 0.6) is 0 Å². The number of para-hydroxylation sites is 1. The molecule has 194 valence electrons. The van der Waals surface area contributed by atoms with E-state index in [1.165, 1.54) is 23.2 Å². The Kier molecular flexibility index (Phi) is 5.31. The first kappa shape index (κ1) is 23.9. The van der Waals surface area contributed by atoms with E-state index in [1.807, 2.05) is 67.7 Å². The summed E-state index contributed by atoms with van der Waals surface area (Å²) in [5.41, 5.74) is 9.04. The highest BCUT2D eigenvalue weighted by Gasteiger charge is 2.51. The van der Waals surface area contributed by atoms with Crippen molar-refractivity contribution in [2.24, 2.45) is 7.05 Å². The molecule has 1 spiro atoms. The van der Waals surface area contributed by atoms with Gasteiger partial charge in [0.05, 0.1) is 11.1 Å². The van der Waals surface area contributed by atoms with Gasteiger partial charge in [-0.05, 0) is 37.5 Å². The van der Waals surface area contributed by atoms with E-state index >= 15 is 0 Å². The lowest BCUT2D eigenvalue weighted by Gasteiger charge is -2.34. The topological polar surface area (TPSA) is 48.1 Å². The quantitative estimate of drug-likeness (QED) is 0.237. The van der Waals surface area contributed by atoms with Crippen LogP contribution in [-0.2, 0) is 17.3 Å². The first-order valence-corrected chi connectivity index (χ1v) is 14.0. The van der Waals surface area contributed by atoms with Gasteiger partial charge in [0.15, 0.2) is 11.5 Å². The van der Waals surface area contributed by atoms with Crippen molar-refractivity contribution in [2.75, 3.05) is 7.05 Å². The van der Waals surface area contributed by atoms with Crippen molar-refractivity contribution in [1.29, 1.82) is 0 Å². The highest BCUT2D eigenvalue weighted by Crippen LogP contribution is 2.50. The Bertz CT molecular complexity index is 1780. The minimum Gasteiger partial charge on any atom is -0.871 e. The largest absolute Gasteiger partial charge is 0.871 e. The third-order valence-corrected chi connectivity index (χ3v) is 9.22. The molecule has 4 aromatic rings. The van der Waals surface area contributed by atoms with Crippen molar-refractivity contribution in [2.45, 2.75) is 44.4 Å². The number of allylic oxidation sites excluding steroid dienone is 3. The molecule has 1 aliphatic heterocycles. The Morgan fingerprint density at radius 2 is 1.67 bits per heavy atom. The van der Waals surface area contributed by atoms with E-state index in [-0.39, 0.29) is 17.0 Å². The van der Waals surface area contributed by atoms with Gasteiger partial charge in [-0.3, -0.25) is 4.79 Å². The molecule has 0 atom stereocenters. The predicted octanol–water partition coefficient (Wildman–Crippen LogP) is 6.36. The Balaban J connectivity index is 1.41. The fourth-order valence-electron chi connectivity index (χ4n) is 7.32. The summed E-state index contributed by atoms with van der Waals surface area (Å²) in [5.74, 6) is -0.292. The highest BCUT2D eigenvalue weighted by atomic mass is 16.3. The van der Waals surface area contributed by atoms with Crippen LogP contribution in [0.15, 0.2) is 90.2 Å². The molecule has 1 saturated carbocycles. The molecule has 4 nitrogen and oxygen atoms in total. The van der Waals surface area contributed by atoms with E-state index < -0.39 is 0 Å². The standard InChI is InChI=1S/C35H32N2O2/c1-22-16-17-28-26(20-22)35(18-10-5-11-19-35)29(36(28)2)21-25-33(38)31(34(25)39)30-24-14-8-9-15-27(24)37(3)32(30)23-12-6-4-7-13-23/h4,6-9,12-17,20-21H,5,10-11,18-19H2,1-3H3. The molecule has 2 heterocycles. The summed E-state index contributed by atoms with van der Waals surface area (Å²) >= 11 is 0. The number of nitrogens with zero attached hydrogens (tertiary/aromatic N) is 2. The zero-order valence-electron chi connectivity index (χ0n) is 22.8. The zero-order chi connectivity index (χ0) is 26.9. The molecule has 1 aromatic heterocycles. The molecule has 0 N–H and O–H groups in total. The van der Waals surface area contributed by atoms with Crippen molar-refractivity contribution in [3.63, 3.8) is 0 Å². The molecular weight excluding hydrogens is 480 g/mol. The van der Waals surface area contributed by atoms with Gasteiger partial charge in [-0.25, -0.2) is 0 Å². The van der Waals surface area contributed by atoms with E-state index in [4.69, 9.17) is 0 Å². The minimum absolute atomic E-state index is 0.133. The number of carbonyl (C=O) groups is 1. The number of fused-ring (bicyclic) bond motifs is 3. The van der Waals surface area contributed by atoms with Crippen LogP contribution in [0.3, 0.4) is 0 Å². The molecule has 0 unspecified atom stereocenters. The summed E-state index contributed by atoms with van der Waals surface area (Å²) < 4.78 is 4.32. The second kappa shape index (κ2) is 8.67. The summed E-state index contributed by atoms with van der Waals surface area (Å²) in [6.07, 6.45) is 7.58. The normalized spacial score (nSPS) is 19.4. The summed E-state index contributed by atoms with van der Waals surface area (Å²) in [5, 5.41) is 14.9. The summed E-state index contributed by atoms with van der Waals surface area (Å²) in [4.78, 5) is 13.9. The van der Waals surface area contributed by atoms with Gasteiger partial charge in [0.25, 0.3) is 0 Å². The third kappa shape index (κ3) is 3.30. The number of Topliss-reactive ketones (excluding diaryl/α,β-unsaturated/α-hetero) is 1. The predicted molar refractivity (Wildman–Crippen MR) is 155 cm³/mol. The average Bonchev–Trinajstić information content (AvgIpc) is 3.36. The summed E-state index contributed by atoms with van der Waals surface area (Å²) in [7, 11) is 4.09. The van der Waals surface area contributed by atoms with E-state index in [0.29, 0.717) is 11.1 Å². The first-order chi connectivity index (χ1) is 18.9. The van der Waals surface area contributed by atoms with Gasteiger partial charge in [-0.2, -0.15) is 4.58 Å². The molecule has 2 aliphatic carbocycles. The van der Waals surface area contributed by atoms with Gasteiger partial charge < -0.3 is 9.67 Å². The maximum atomic E-state index is 13.9. The van der Waals surface area contributed by atoms with E-state index in [0.717, 1.165) is 59.1 Å². The maximum Gasteiger partial charge on any atom is 0.209 e. The van der Waals surface area contributed by atoms with Crippen LogP contribution in [-0.4, -0.2) is 27.7 Å². The molecule has 3 aromatic carbocycles. The molecule has 1 fully saturated rings. The number of carbonyl (C=O) groups excluding carboxylic acids is 1. The van der Waals surface area contributed by atoms with Crippen molar-refractivity contribution in [3.05, 3.63) is 107 Å². The van der Waals surface area contributed by atoms with Crippen LogP contribution in [0.25, 0.3) is 27.7 Å². The molecule has 0 saturated heterocycles. The molecule has 7 rings (SSSR count). The Labute approximate surface area is 229 Å². The monoisotopic (exact) mass is 512 g/mol. The van der Waals surface area contributed by atoms with Crippen LogP contribution in [0.2, 0.25) is 0 Å². The molecule has 4 heteroatoms. The lowest BCUT2D eigenvalue weighted by Crippen LogP contribution is -2.38. The van der Waals surface area contributed by atoms with Gasteiger partial charge in [-0.15, -0.1) is 0 Å². The minimum atomic E-state index is -0.146. The van der Waals surface area contributed by atoms with E-state index in [1.54, 1.807) is 0 Å².